The fourth-order valence-corrected chi connectivity index (χ4v) is 3.68. The molecule has 5 nitrogen and oxygen atoms in total. The van der Waals surface area contributed by atoms with Gasteiger partial charge in [-0.2, -0.15) is 0 Å². The van der Waals surface area contributed by atoms with Crippen molar-refractivity contribution < 1.29 is 19.4 Å². The van der Waals surface area contributed by atoms with Gasteiger partial charge in [-0.1, -0.05) is 19.9 Å². The molecule has 0 spiro atoms. The predicted molar refractivity (Wildman–Crippen MR) is 90.1 cm³/mol. The number of carbonyl (C=O) groups is 1. The van der Waals surface area contributed by atoms with Gasteiger partial charge in [0, 0.05) is 19.0 Å². The summed E-state index contributed by atoms with van der Waals surface area (Å²) >= 11 is 1.64. The summed E-state index contributed by atoms with van der Waals surface area (Å²) in [6, 6.07) is 5.82. The Hall–Kier alpha value is -1.40. The van der Waals surface area contributed by atoms with Gasteiger partial charge in [0.15, 0.2) is 11.5 Å². The van der Waals surface area contributed by atoms with Gasteiger partial charge >= 0.3 is 0 Å². The number of piperidine rings is 1. The van der Waals surface area contributed by atoms with E-state index in [1.807, 2.05) is 18.2 Å². The number of ether oxygens (including phenoxy) is 2. The first-order chi connectivity index (χ1) is 11.0. The Labute approximate surface area is 140 Å². The van der Waals surface area contributed by atoms with Crippen LogP contribution in [0, 0.1) is 0 Å². The van der Waals surface area contributed by atoms with Gasteiger partial charge < -0.3 is 19.5 Å². The standard InChI is InChI=1S/C17H23NO4S/c1-11(2)23-9-17(20)18-6-5-13(14(19)8-18)12-3-4-15-16(7-12)22-10-21-15/h3-4,7,11,13-14,19H,5-6,8-10H2,1-2H3/t13-,14+/m0/s1. The number of aliphatic hydroxyl groups is 1. The minimum atomic E-state index is -0.544. The average molecular weight is 337 g/mol. The number of hydrogen-bond donors (Lipinski definition) is 1. The number of rotatable bonds is 4. The number of hydrogen-bond acceptors (Lipinski definition) is 5. The van der Waals surface area contributed by atoms with E-state index in [-0.39, 0.29) is 18.6 Å². The predicted octanol–water partition coefficient (Wildman–Crippen LogP) is 2.23. The minimum absolute atomic E-state index is 0.0336. The monoisotopic (exact) mass is 337 g/mol. The van der Waals surface area contributed by atoms with Gasteiger partial charge in [-0.15, -0.1) is 11.8 Å². The lowest BCUT2D eigenvalue weighted by atomic mass is 9.87. The highest BCUT2D eigenvalue weighted by Crippen LogP contribution is 2.37. The van der Waals surface area contributed by atoms with Gasteiger partial charge in [0.2, 0.25) is 12.7 Å². The number of carbonyl (C=O) groups excluding carboxylic acids is 1. The van der Waals surface area contributed by atoms with Crippen LogP contribution in [0.15, 0.2) is 18.2 Å². The fraction of sp³-hybridized carbons (Fsp3) is 0.588. The Morgan fingerprint density at radius 2 is 2.17 bits per heavy atom. The van der Waals surface area contributed by atoms with Crippen molar-refractivity contribution in [3.63, 3.8) is 0 Å². The maximum Gasteiger partial charge on any atom is 0.232 e. The Morgan fingerprint density at radius 3 is 2.91 bits per heavy atom. The molecular formula is C17H23NO4S. The summed E-state index contributed by atoms with van der Waals surface area (Å²) in [5.74, 6) is 2.13. The summed E-state index contributed by atoms with van der Waals surface area (Å²) in [7, 11) is 0. The van der Waals surface area contributed by atoms with Crippen LogP contribution in [0.2, 0.25) is 0 Å². The Bertz CT molecular complexity index is 578. The van der Waals surface area contributed by atoms with Crippen LogP contribution in [0.3, 0.4) is 0 Å². The molecule has 2 atom stereocenters. The molecule has 23 heavy (non-hydrogen) atoms. The number of fused-ring (bicyclic) bond motifs is 1. The molecular weight excluding hydrogens is 314 g/mol. The number of benzene rings is 1. The lowest BCUT2D eigenvalue weighted by molar-refractivity contribution is -0.131. The average Bonchev–Trinajstić information content (AvgIpc) is 2.99. The van der Waals surface area contributed by atoms with Crippen molar-refractivity contribution in [1.29, 1.82) is 0 Å². The second-order valence-electron chi connectivity index (χ2n) is 6.27. The molecule has 1 saturated heterocycles. The van der Waals surface area contributed by atoms with Crippen molar-refractivity contribution in [1.82, 2.24) is 4.90 Å². The van der Waals surface area contributed by atoms with E-state index in [0.29, 0.717) is 24.1 Å². The quantitative estimate of drug-likeness (QED) is 0.913. The van der Waals surface area contributed by atoms with Gasteiger partial charge in [0.1, 0.15) is 0 Å². The Morgan fingerprint density at radius 1 is 1.39 bits per heavy atom. The van der Waals surface area contributed by atoms with Crippen molar-refractivity contribution in [3.8, 4) is 11.5 Å². The summed E-state index contributed by atoms with van der Waals surface area (Å²) in [5.41, 5.74) is 1.05. The lowest BCUT2D eigenvalue weighted by Gasteiger charge is -2.36. The molecule has 2 aliphatic heterocycles. The van der Waals surface area contributed by atoms with Crippen LogP contribution < -0.4 is 9.47 Å². The van der Waals surface area contributed by atoms with E-state index in [1.54, 1.807) is 16.7 Å². The van der Waals surface area contributed by atoms with Crippen LogP contribution >= 0.6 is 11.8 Å². The fourth-order valence-electron chi connectivity index (χ4n) is 3.02. The van der Waals surface area contributed by atoms with Crippen LogP contribution in [0.1, 0.15) is 31.7 Å². The Kier molecular flexibility index (Phi) is 5.02. The maximum absolute atomic E-state index is 12.2. The first-order valence-electron chi connectivity index (χ1n) is 8.01. The van der Waals surface area contributed by atoms with Crippen molar-refractivity contribution >= 4 is 17.7 Å². The normalized spacial score (nSPS) is 23.4. The first kappa shape index (κ1) is 16.5. The summed E-state index contributed by atoms with van der Waals surface area (Å²) in [6.07, 6.45) is 0.218. The molecule has 0 unspecified atom stereocenters. The van der Waals surface area contributed by atoms with Crippen molar-refractivity contribution in [2.45, 2.75) is 37.5 Å². The maximum atomic E-state index is 12.2. The van der Waals surface area contributed by atoms with Crippen LogP contribution in [-0.2, 0) is 4.79 Å². The molecule has 2 aliphatic rings. The molecule has 1 aromatic rings. The van der Waals surface area contributed by atoms with Gasteiger partial charge in [0.25, 0.3) is 0 Å². The molecule has 3 rings (SSSR count). The van der Waals surface area contributed by atoms with E-state index >= 15 is 0 Å². The van der Waals surface area contributed by atoms with Crippen molar-refractivity contribution in [2.24, 2.45) is 0 Å². The number of aliphatic hydroxyl groups excluding tert-OH is 1. The first-order valence-corrected chi connectivity index (χ1v) is 9.06. The molecule has 0 aliphatic carbocycles. The third-order valence-electron chi connectivity index (χ3n) is 4.30. The van der Waals surface area contributed by atoms with Crippen molar-refractivity contribution in [2.75, 3.05) is 25.6 Å². The molecule has 1 fully saturated rings. The van der Waals surface area contributed by atoms with Crippen LogP contribution in [0.4, 0.5) is 0 Å². The molecule has 1 amide bonds. The second-order valence-corrected chi connectivity index (χ2v) is 7.84. The summed E-state index contributed by atoms with van der Waals surface area (Å²) in [6.45, 7) is 5.50. The lowest BCUT2D eigenvalue weighted by Crippen LogP contribution is -2.46. The number of likely N-dealkylation sites (tertiary alicyclic amines) is 1. The number of thioether (sulfide) groups is 1. The smallest absolute Gasteiger partial charge is 0.232 e. The number of β-amino-alcohol motifs (C(OH)–C–C–N with tert-alkyl or cyclic N) is 1. The van der Waals surface area contributed by atoms with Gasteiger partial charge in [-0.25, -0.2) is 0 Å². The zero-order chi connectivity index (χ0) is 16.4. The SMILES string of the molecule is CC(C)SCC(=O)N1CC[C@@H](c2ccc3c(c2)OCO3)[C@H](O)C1. The van der Waals surface area contributed by atoms with E-state index in [0.717, 1.165) is 23.5 Å². The highest BCUT2D eigenvalue weighted by Gasteiger charge is 2.32. The molecule has 0 radical (unpaired) electrons. The molecule has 1 N–H and O–H groups in total. The van der Waals surface area contributed by atoms with Crippen molar-refractivity contribution in [3.05, 3.63) is 23.8 Å². The zero-order valence-corrected chi connectivity index (χ0v) is 14.3. The topological polar surface area (TPSA) is 59.0 Å². The second kappa shape index (κ2) is 7.01. The third kappa shape index (κ3) is 3.75. The highest BCUT2D eigenvalue weighted by atomic mass is 32.2. The molecule has 6 heteroatoms. The van der Waals surface area contributed by atoms with E-state index in [4.69, 9.17) is 9.47 Å². The summed E-state index contributed by atoms with van der Waals surface area (Å²) in [5, 5.41) is 10.9. The van der Waals surface area contributed by atoms with Crippen LogP contribution in [0.5, 0.6) is 11.5 Å². The highest BCUT2D eigenvalue weighted by molar-refractivity contribution is 8.00. The number of nitrogens with zero attached hydrogens (tertiary/aromatic N) is 1. The van der Waals surface area contributed by atoms with Gasteiger partial charge in [-0.3, -0.25) is 4.79 Å². The largest absolute Gasteiger partial charge is 0.454 e. The molecule has 126 valence electrons. The van der Waals surface area contributed by atoms with E-state index < -0.39 is 6.10 Å². The van der Waals surface area contributed by atoms with Gasteiger partial charge in [-0.05, 0) is 29.4 Å². The van der Waals surface area contributed by atoms with Gasteiger partial charge in [0.05, 0.1) is 11.9 Å². The van der Waals surface area contributed by atoms with E-state index in [1.165, 1.54) is 0 Å². The molecule has 0 saturated carbocycles. The molecule has 2 heterocycles. The minimum Gasteiger partial charge on any atom is -0.454 e. The van der Waals surface area contributed by atoms with Crippen LogP contribution in [0.25, 0.3) is 0 Å². The zero-order valence-electron chi connectivity index (χ0n) is 13.5. The van der Waals surface area contributed by atoms with E-state index in [2.05, 4.69) is 13.8 Å². The number of amides is 1. The Balaban J connectivity index is 1.61. The summed E-state index contributed by atoms with van der Waals surface area (Å²) < 4.78 is 10.7. The summed E-state index contributed by atoms with van der Waals surface area (Å²) in [4.78, 5) is 14.0. The molecule has 0 aromatic heterocycles. The molecule has 1 aromatic carbocycles. The third-order valence-corrected chi connectivity index (χ3v) is 5.38. The van der Waals surface area contributed by atoms with E-state index in [9.17, 15) is 9.90 Å². The van der Waals surface area contributed by atoms with Crippen LogP contribution in [-0.4, -0.2) is 52.9 Å². The molecule has 0 bridgehead atoms.